The Morgan fingerprint density at radius 3 is 1.66 bits per heavy atom. The summed E-state index contributed by atoms with van der Waals surface area (Å²) < 4.78 is 0. The molecule has 4 aromatic carbocycles. The topological polar surface area (TPSA) is 121 Å². The zero-order valence-corrected chi connectivity index (χ0v) is 18.4. The van der Waals surface area contributed by atoms with Gasteiger partial charge in [0.15, 0.2) is 0 Å². The van der Waals surface area contributed by atoms with E-state index in [1.54, 1.807) is 36.4 Å². The van der Waals surface area contributed by atoms with Crippen LogP contribution in [0.25, 0.3) is 0 Å². The van der Waals surface area contributed by atoms with E-state index in [9.17, 15) is 30.6 Å². The Labute approximate surface area is 200 Å². The van der Waals surface area contributed by atoms with Crippen LogP contribution >= 0.6 is 0 Å². The Morgan fingerprint density at radius 2 is 1.03 bits per heavy atom. The van der Waals surface area contributed by atoms with Gasteiger partial charge in [-0.1, -0.05) is 24.3 Å². The number of phenolic OH excluding ortho intramolecular Hbond substituents is 6. The van der Waals surface area contributed by atoms with Crippen LogP contribution < -0.4 is 0 Å². The van der Waals surface area contributed by atoms with E-state index in [1.165, 1.54) is 12.1 Å². The van der Waals surface area contributed by atoms with Crippen LogP contribution in [0.4, 0.5) is 0 Å². The number of aromatic hydroxyl groups is 6. The van der Waals surface area contributed by atoms with E-state index in [-0.39, 0.29) is 58.2 Å². The summed E-state index contributed by atoms with van der Waals surface area (Å²) >= 11 is 0. The second-order valence-corrected chi connectivity index (χ2v) is 9.92. The van der Waals surface area contributed by atoms with Gasteiger partial charge in [0.1, 0.15) is 34.5 Å². The summed E-state index contributed by atoms with van der Waals surface area (Å²) in [5.74, 6) is -0.572. The van der Waals surface area contributed by atoms with Crippen LogP contribution in [-0.2, 0) is 5.41 Å². The fourth-order valence-corrected chi connectivity index (χ4v) is 7.32. The van der Waals surface area contributed by atoms with Gasteiger partial charge in [0, 0.05) is 52.3 Å². The van der Waals surface area contributed by atoms with Crippen LogP contribution in [0, 0.1) is 0 Å². The first kappa shape index (κ1) is 20.1. The van der Waals surface area contributed by atoms with Crippen LogP contribution in [0.2, 0.25) is 0 Å². The molecule has 6 N–H and O–H groups in total. The minimum absolute atomic E-state index is 0.0112. The summed E-state index contributed by atoms with van der Waals surface area (Å²) in [5.41, 5.74) is 4.39. The zero-order valence-electron chi connectivity index (χ0n) is 18.4. The first-order chi connectivity index (χ1) is 16.8. The van der Waals surface area contributed by atoms with Crippen LogP contribution in [0.1, 0.15) is 57.1 Å². The van der Waals surface area contributed by atoms with E-state index in [0.717, 1.165) is 27.8 Å². The van der Waals surface area contributed by atoms with Gasteiger partial charge in [0.25, 0.3) is 0 Å². The molecule has 0 aliphatic heterocycles. The molecule has 3 aliphatic carbocycles. The number of benzene rings is 4. The Balaban J connectivity index is 1.56. The van der Waals surface area contributed by atoms with Gasteiger partial charge in [-0.3, -0.25) is 0 Å². The maximum atomic E-state index is 11.1. The molecule has 0 heterocycles. The molecule has 5 atom stereocenters. The fourth-order valence-electron chi connectivity index (χ4n) is 7.32. The third kappa shape index (κ3) is 2.38. The summed E-state index contributed by atoms with van der Waals surface area (Å²) in [6.45, 7) is 0. The Morgan fingerprint density at radius 1 is 0.486 bits per heavy atom. The molecule has 35 heavy (non-hydrogen) atoms. The predicted octanol–water partition coefficient (Wildman–Crippen LogP) is 4.98. The van der Waals surface area contributed by atoms with Crippen molar-refractivity contribution in [2.75, 3.05) is 0 Å². The SMILES string of the molecule is Oc1ccc(C2c3c(O)cc(O)cc3C34C2c2cc(O)cc(O)c2C3C4c2ccc(O)cc2)cc1. The molecule has 0 amide bonds. The number of fused-ring (bicyclic) bond motifs is 4. The van der Waals surface area contributed by atoms with Crippen molar-refractivity contribution in [3.8, 4) is 34.5 Å². The van der Waals surface area contributed by atoms with Crippen molar-refractivity contribution in [1.29, 1.82) is 0 Å². The molecule has 4 aromatic rings. The maximum absolute atomic E-state index is 11.1. The van der Waals surface area contributed by atoms with Gasteiger partial charge in [-0.15, -0.1) is 0 Å². The minimum atomic E-state index is -0.571. The highest BCUT2D eigenvalue weighted by atomic mass is 16.3. The van der Waals surface area contributed by atoms with Crippen molar-refractivity contribution < 1.29 is 30.6 Å². The van der Waals surface area contributed by atoms with E-state index >= 15 is 0 Å². The third-order valence-electron chi connectivity index (χ3n) is 8.35. The lowest BCUT2D eigenvalue weighted by molar-refractivity contribution is 0.442. The van der Waals surface area contributed by atoms with Crippen LogP contribution in [0.15, 0.2) is 72.8 Å². The molecule has 3 aliphatic rings. The van der Waals surface area contributed by atoms with Crippen LogP contribution in [0.3, 0.4) is 0 Å². The summed E-state index contributed by atoms with van der Waals surface area (Å²) in [6.07, 6.45) is 0. The summed E-state index contributed by atoms with van der Waals surface area (Å²) in [4.78, 5) is 0. The molecule has 5 unspecified atom stereocenters. The monoisotopic (exact) mass is 466 g/mol. The Kier molecular flexibility index (Phi) is 3.68. The van der Waals surface area contributed by atoms with E-state index in [0.29, 0.717) is 5.56 Å². The van der Waals surface area contributed by atoms with Gasteiger partial charge >= 0.3 is 0 Å². The number of hydrogen-bond donors (Lipinski definition) is 6. The van der Waals surface area contributed by atoms with E-state index < -0.39 is 5.41 Å². The van der Waals surface area contributed by atoms with Crippen molar-refractivity contribution in [2.24, 2.45) is 0 Å². The second-order valence-electron chi connectivity index (χ2n) is 9.92. The fraction of sp³-hybridized carbons (Fsp3) is 0.172. The van der Waals surface area contributed by atoms with Crippen LogP contribution in [-0.4, -0.2) is 30.6 Å². The smallest absolute Gasteiger partial charge is 0.123 e. The third-order valence-corrected chi connectivity index (χ3v) is 8.35. The molecule has 6 nitrogen and oxygen atoms in total. The largest absolute Gasteiger partial charge is 0.508 e. The lowest BCUT2D eigenvalue weighted by atomic mass is 9.76. The molecule has 1 fully saturated rings. The second kappa shape index (κ2) is 6.42. The highest BCUT2D eigenvalue weighted by Gasteiger charge is 2.79. The number of phenols is 6. The van der Waals surface area contributed by atoms with Crippen molar-refractivity contribution in [3.05, 3.63) is 106 Å². The van der Waals surface area contributed by atoms with E-state index in [1.807, 2.05) is 24.3 Å². The number of rotatable bonds is 2. The lowest BCUT2D eigenvalue weighted by Gasteiger charge is -2.27. The van der Waals surface area contributed by atoms with Gasteiger partial charge in [0.05, 0.1) is 0 Å². The molecular weight excluding hydrogens is 444 g/mol. The highest BCUT2D eigenvalue weighted by Crippen LogP contribution is 2.87. The summed E-state index contributed by atoms with van der Waals surface area (Å²) in [7, 11) is 0. The first-order valence-corrected chi connectivity index (χ1v) is 11.5. The molecule has 0 saturated heterocycles. The van der Waals surface area contributed by atoms with Gasteiger partial charge in [-0.2, -0.15) is 0 Å². The molecule has 6 heteroatoms. The summed E-state index contributed by atoms with van der Waals surface area (Å²) in [6, 6.07) is 20.0. The molecule has 1 saturated carbocycles. The molecule has 1 spiro atoms. The molecule has 0 radical (unpaired) electrons. The zero-order chi connectivity index (χ0) is 24.2. The minimum Gasteiger partial charge on any atom is -0.508 e. The van der Waals surface area contributed by atoms with E-state index in [4.69, 9.17) is 0 Å². The van der Waals surface area contributed by atoms with Gasteiger partial charge in [0.2, 0.25) is 0 Å². The standard InChI is InChI=1S/C29H22O6/c30-15-5-1-13(2-6-15)23-25-20(10-18(33)12-22(25)35)29-26(14-3-7-16(31)8-4-14)28(29)24-19(27(23)29)9-17(32)11-21(24)34/h1-12,23,26-28,30-35H. The van der Waals surface area contributed by atoms with E-state index in [2.05, 4.69) is 0 Å². The molecular formula is C29H22O6. The Hall–Kier alpha value is -4.32. The predicted molar refractivity (Wildman–Crippen MR) is 128 cm³/mol. The molecule has 174 valence electrons. The van der Waals surface area contributed by atoms with Crippen LogP contribution in [0.5, 0.6) is 34.5 Å². The van der Waals surface area contributed by atoms with Crippen molar-refractivity contribution >= 4 is 0 Å². The van der Waals surface area contributed by atoms with Gasteiger partial charge in [-0.25, -0.2) is 0 Å². The number of hydrogen-bond acceptors (Lipinski definition) is 6. The van der Waals surface area contributed by atoms with Crippen molar-refractivity contribution in [3.63, 3.8) is 0 Å². The molecule has 0 bridgehead atoms. The van der Waals surface area contributed by atoms with Crippen molar-refractivity contribution in [2.45, 2.75) is 29.1 Å². The Bertz CT molecular complexity index is 1520. The van der Waals surface area contributed by atoms with Gasteiger partial charge in [-0.05, 0) is 58.7 Å². The summed E-state index contributed by atoms with van der Waals surface area (Å²) in [5, 5.41) is 62.8. The average Bonchev–Trinajstić information content (AvgIpc) is 3.23. The average molecular weight is 466 g/mol. The molecule has 7 rings (SSSR count). The van der Waals surface area contributed by atoms with Gasteiger partial charge < -0.3 is 30.6 Å². The highest BCUT2D eigenvalue weighted by molar-refractivity contribution is 5.77. The van der Waals surface area contributed by atoms with Crippen molar-refractivity contribution in [1.82, 2.24) is 0 Å². The molecule has 0 aromatic heterocycles. The first-order valence-electron chi connectivity index (χ1n) is 11.5. The lowest BCUT2D eigenvalue weighted by Crippen LogP contribution is -2.17. The normalized spacial score (nSPS) is 27.1. The maximum Gasteiger partial charge on any atom is 0.123 e. The quantitative estimate of drug-likeness (QED) is 0.248.